The molecule has 0 bridgehead atoms. The normalized spacial score (nSPS) is 16.1. The van der Waals surface area contributed by atoms with Crippen LogP contribution in [0.15, 0.2) is 82.5 Å². The first-order valence-corrected chi connectivity index (χ1v) is 11.3. The number of benzene rings is 1. The van der Waals surface area contributed by atoms with Crippen molar-refractivity contribution in [1.29, 1.82) is 0 Å². The zero-order chi connectivity index (χ0) is 24.7. The van der Waals surface area contributed by atoms with E-state index in [0.29, 0.717) is 17.0 Å². The van der Waals surface area contributed by atoms with Gasteiger partial charge in [0.2, 0.25) is 0 Å². The van der Waals surface area contributed by atoms with Crippen LogP contribution < -0.4 is 5.32 Å². The first-order valence-electron chi connectivity index (χ1n) is 10.4. The van der Waals surface area contributed by atoms with Crippen LogP contribution in [0.25, 0.3) is 6.08 Å². The molecule has 2 heterocycles. The van der Waals surface area contributed by atoms with Gasteiger partial charge in [-0.25, -0.2) is 9.59 Å². The molecule has 1 aromatic carbocycles. The first-order chi connectivity index (χ1) is 16.3. The average Bonchev–Trinajstić information content (AvgIpc) is 3.33. The predicted octanol–water partition coefficient (Wildman–Crippen LogP) is 4.88. The lowest BCUT2D eigenvalue weighted by Gasteiger charge is -2.30. The summed E-state index contributed by atoms with van der Waals surface area (Å²) < 4.78 is 10.4. The second-order valence-corrected chi connectivity index (χ2v) is 8.36. The Morgan fingerprint density at radius 2 is 1.85 bits per heavy atom. The lowest BCUT2D eigenvalue weighted by molar-refractivity contribution is -0.384. The highest BCUT2D eigenvalue weighted by atomic mass is 32.1. The van der Waals surface area contributed by atoms with Gasteiger partial charge in [0.25, 0.3) is 5.69 Å². The summed E-state index contributed by atoms with van der Waals surface area (Å²) in [6, 6.07) is 9.79. The summed E-state index contributed by atoms with van der Waals surface area (Å²) in [6.07, 6.45) is 7.25. The quantitative estimate of drug-likeness (QED) is 0.248. The molecule has 9 heteroatoms. The summed E-state index contributed by atoms with van der Waals surface area (Å²) in [5.74, 6) is -2.16. The first kappa shape index (κ1) is 24.7. The van der Waals surface area contributed by atoms with Gasteiger partial charge >= 0.3 is 11.9 Å². The summed E-state index contributed by atoms with van der Waals surface area (Å²) >= 11 is 1.61. The summed E-state index contributed by atoms with van der Waals surface area (Å²) in [7, 11) is 1.24. The van der Waals surface area contributed by atoms with Gasteiger partial charge in [0.1, 0.15) is 6.61 Å². The maximum absolute atomic E-state index is 13.1. The van der Waals surface area contributed by atoms with Crippen molar-refractivity contribution in [2.24, 2.45) is 0 Å². The van der Waals surface area contributed by atoms with Gasteiger partial charge in [-0.05, 0) is 43.0 Å². The van der Waals surface area contributed by atoms with Crippen LogP contribution in [-0.2, 0) is 19.1 Å². The molecule has 2 aromatic rings. The monoisotopic (exact) mass is 480 g/mol. The fourth-order valence-electron chi connectivity index (χ4n) is 3.67. The number of allylic oxidation sites excluding steroid dienone is 4. The maximum Gasteiger partial charge on any atom is 0.337 e. The number of nitrogens with one attached hydrogen (secondary N) is 1. The molecule has 0 spiro atoms. The van der Waals surface area contributed by atoms with Crippen molar-refractivity contribution in [2.75, 3.05) is 13.7 Å². The number of nitrogens with zero attached hydrogens (tertiary/aromatic N) is 1. The Balaban J connectivity index is 1.87. The lowest BCUT2D eigenvalue weighted by Crippen LogP contribution is -2.32. The van der Waals surface area contributed by atoms with Crippen molar-refractivity contribution in [2.45, 2.75) is 19.8 Å². The maximum atomic E-state index is 13.1. The fraction of sp³-hybridized carbons (Fsp3) is 0.200. The van der Waals surface area contributed by atoms with Crippen molar-refractivity contribution in [1.82, 2.24) is 5.32 Å². The zero-order valence-electron chi connectivity index (χ0n) is 18.9. The molecule has 1 aromatic heterocycles. The highest BCUT2D eigenvalue weighted by Gasteiger charge is 2.38. The largest absolute Gasteiger partial charge is 0.466 e. The van der Waals surface area contributed by atoms with Crippen molar-refractivity contribution in [3.05, 3.63) is 103 Å². The molecular weight excluding hydrogens is 456 g/mol. The Kier molecular flexibility index (Phi) is 8.15. The number of methoxy groups -OCH3 is 1. The number of esters is 2. The minimum absolute atomic E-state index is 0.0162. The molecule has 0 amide bonds. The summed E-state index contributed by atoms with van der Waals surface area (Å²) in [5.41, 5.74) is 1.63. The Bertz CT molecular complexity index is 1210. The molecule has 0 fully saturated rings. The number of nitro benzene ring substituents is 1. The number of nitro groups is 1. The lowest BCUT2D eigenvalue weighted by atomic mass is 9.80. The van der Waals surface area contributed by atoms with Crippen LogP contribution in [0.3, 0.4) is 0 Å². The second kappa shape index (κ2) is 11.2. The highest BCUT2D eigenvalue weighted by molar-refractivity contribution is 7.10. The number of thiophene rings is 1. The van der Waals surface area contributed by atoms with E-state index in [2.05, 4.69) is 5.32 Å². The van der Waals surface area contributed by atoms with E-state index in [1.54, 1.807) is 43.4 Å². The van der Waals surface area contributed by atoms with Gasteiger partial charge in [-0.15, -0.1) is 11.3 Å². The zero-order valence-corrected chi connectivity index (χ0v) is 19.8. The highest BCUT2D eigenvalue weighted by Crippen LogP contribution is 2.40. The third-order valence-corrected chi connectivity index (χ3v) is 6.00. The van der Waals surface area contributed by atoms with E-state index in [9.17, 15) is 19.7 Å². The van der Waals surface area contributed by atoms with Gasteiger partial charge in [-0.2, -0.15) is 0 Å². The molecule has 176 valence electrons. The van der Waals surface area contributed by atoms with Crippen molar-refractivity contribution in [3.63, 3.8) is 0 Å². The van der Waals surface area contributed by atoms with Crippen molar-refractivity contribution < 1.29 is 24.0 Å². The molecule has 0 radical (unpaired) electrons. The van der Waals surface area contributed by atoms with E-state index in [-0.39, 0.29) is 23.4 Å². The van der Waals surface area contributed by atoms with Gasteiger partial charge in [-0.3, -0.25) is 10.1 Å². The molecule has 1 unspecified atom stereocenters. The van der Waals surface area contributed by atoms with Gasteiger partial charge in [0, 0.05) is 28.4 Å². The van der Waals surface area contributed by atoms with Gasteiger partial charge < -0.3 is 14.8 Å². The fourth-order valence-corrected chi connectivity index (χ4v) is 4.30. The van der Waals surface area contributed by atoms with Crippen LogP contribution >= 0.6 is 11.3 Å². The number of non-ortho nitro benzene ring substituents is 1. The van der Waals surface area contributed by atoms with E-state index < -0.39 is 22.8 Å². The number of hydrogen-bond acceptors (Lipinski definition) is 8. The molecule has 1 aliphatic heterocycles. The second-order valence-electron chi connectivity index (χ2n) is 7.38. The van der Waals surface area contributed by atoms with Crippen LogP contribution in [0.5, 0.6) is 0 Å². The van der Waals surface area contributed by atoms with E-state index in [4.69, 9.17) is 9.47 Å². The Morgan fingerprint density at radius 3 is 2.50 bits per heavy atom. The van der Waals surface area contributed by atoms with Gasteiger partial charge in [-0.1, -0.05) is 30.4 Å². The minimum atomic E-state index is -0.885. The van der Waals surface area contributed by atoms with Crippen LogP contribution in [0.4, 0.5) is 5.69 Å². The molecule has 8 nitrogen and oxygen atoms in total. The predicted molar refractivity (Wildman–Crippen MR) is 130 cm³/mol. The SMILES string of the molecule is COC(=O)C1=C(C)NC(C)=C(C(=O)OC/C=C/C=C/c2cccs2)C1c1cccc([N+](=O)[O-])c1. The van der Waals surface area contributed by atoms with Crippen molar-refractivity contribution >= 4 is 35.0 Å². The topological polar surface area (TPSA) is 108 Å². The summed E-state index contributed by atoms with van der Waals surface area (Å²) in [6.45, 7) is 3.39. The smallest absolute Gasteiger partial charge is 0.337 e. The third kappa shape index (κ3) is 5.68. The molecular formula is C25H24N2O6S. The summed E-state index contributed by atoms with van der Waals surface area (Å²) in [5, 5.41) is 16.3. The number of hydrogen-bond donors (Lipinski definition) is 1. The van der Waals surface area contributed by atoms with Crippen LogP contribution in [0.1, 0.15) is 30.2 Å². The van der Waals surface area contributed by atoms with E-state index in [1.165, 1.54) is 25.3 Å². The van der Waals surface area contributed by atoms with Crippen molar-refractivity contribution in [3.8, 4) is 0 Å². The molecule has 34 heavy (non-hydrogen) atoms. The molecule has 1 atom stereocenters. The number of rotatable bonds is 8. The Morgan fingerprint density at radius 1 is 1.12 bits per heavy atom. The molecule has 0 saturated heterocycles. The Hall–Kier alpha value is -3.98. The molecule has 0 saturated carbocycles. The van der Waals surface area contributed by atoms with E-state index >= 15 is 0 Å². The average molecular weight is 481 g/mol. The third-order valence-electron chi connectivity index (χ3n) is 5.16. The Labute approximate surface area is 201 Å². The summed E-state index contributed by atoms with van der Waals surface area (Å²) in [4.78, 5) is 37.7. The number of ether oxygens (including phenoxy) is 2. The van der Waals surface area contributed by atoms with Crippen LogP contribution in [0, 0.1) is 10.1 Å². The van der Waals surface area contributed by atoms with Gasteiger partial charge in [0.05, 0.1) is 29.1 Å². The molecule has 1 N–H and O–H groups in total. The minimum Gasteiger partial charge on any atom is -0.466 e. The number of carbonyl (C=O) groups excluding carboxylic acids is 2. The van der Waals surface area contributed by atoms with Gasteiger partial charge in [0.15, 0.2) is 0 Å². The van der Waals surface area contributed by atoms with Crippen LogP contribution in [-0.4, -0.2) is 30.6 Å². The van der Waals surface area contributed by atoms with E-state index in [0.717, 1.165) is 4.88 Å². The molecule has 3 rings (SSSR count). The number of dihydropyridines is 1. The van der Waals surface area contributed by atoms with Crippen LogP contribution in [0.2, 0.25) is 0 Å². The molecule has 1 aliphatic rings. The number of carbonyl (C=O) groups is 2. The van der Waals surface area contributed by atoms with E-state index in [1.807, 2.05) is 29.7 Å². The standard InChI is InChI=1S/C25H24N2O6S/c1-16-21(24(28)32-3)23(18-9-7-10-19(15-18)27(30)31)22(17(2)26-16)25(29)33-13-6-4-5-11-20-12-8-14-34-20/h4-12,14-15,23,26H,13H2,1-3H3/b6-4+,11-5+. The molecule has 0 aliphatic carbocycles.